The van der Waals surface area contributed by atoms with Gasteiger partial charge in [-0.05, 0) is 29.7 Å². The summed E-state index contributed by atoms with van der Waals surface area (Å²) in [4.78, 5) is 0. The minimum absolute atomic E-state index is 0.103. The van der Waals surface area contributed by atoms with E-state index in [0.29, 0.717) is 0 Å². The Labute approximate surface area is 102 Å². The van der Waals surface area contributed by atoms with Crippen molar-refractivity contribution in [3.05, 3.63) is 65.2 Å². The van der Waals surface area contributed by atoms with E-state index in [1.54, 1.807) is 0 Å². The van der Waals surface area contributed by atoms with Crippen molar-refractivity contribution in [3.63, 3.8) is 0 Å². The molecule has 0 aliphatic rings. The second kappa shape index (κ2) is 5.51. The molecule has 0 amide bonds. The number of benzene rings is 2. The van der Waals surface area contributed by atoms with Gasteiger partial charge in [0.1, 0.15) is 0 Å². The van der Waals surface area contributed by atoms with E-state index in [2.05, 4.69) is 24.4 Å². The summed E-state index contributed by atoms with van der Waals surface area (Å²) in [6.45, 7) is 3.00. The van der Waals surface area contributed by atoms with Gasteiger partial charge < -0.3 is 10.4 Å². The van der Waals surface area contributed by atoms with Crippen LogP contribution < -0.4 is 5.32 Å². The standard InChI is InChI=1S/C15H17NO/c1-12-4-2-3-5-15(12)16-10-13-6-8-14(11-17)9-7-13/h2-9,16-17H,10-11H2,1H3. The molecule has 0 aromatic heterocycles. The highest BCUT2D eigenvalue weighted by Gasteiger charge is 1.97. The monoisotopic (exact) mass is 227 g/mol. The van der Waals surface area contributed by atoms with Crippen molar-refractivity contribution in [2.24, 2.45) is 0 Å². The van der Waals surface area contributed by atoms with Crippen molar-refractivity contribution < 1.29 is 5.11 Å². The van der Waals surface area contributed by atoms with E-state index in [-0.39, 0.29) is 6.61 Å². The van der Waals surface area contributed by atoms with Crippen LogP contribution in [0.2, 0.25) is 0 Å². The molecule has 0 bridgehead atoms. The molecule has 0 fully saturated rings. The summed E-state index contributed by atoms with van der Waals surface area (Å²) < 4.78 is 0. The van der Waals surface area contributed by atoms with Crippen molar-refractivity contribution >= 4 is 5.69 Å². The normalized spacial score (nSPS) is 10.2. The lowest BCUT2D eigenvalue weighted by Crippen LogP contribution is -2.00. The molecule has 0 atom stereocenters. The van der Waals surface area contributed by atoms with Gasteiger partial charge in [0.05, 0.1) is 6.61 Å². The van der Waals surface area contributed by atoms with E-state index in [9.17, 15) is 0 Å². The predicted molar refractivity (Wildman–Crippen MR) is 70.9 cm³/mol. The Morgan fingerprint density at radius 2 is 1.59 bits per heavy atom. The fourth-order valence-corrected chi connectivity index (χ4v) is 1.73. The van der Waals surface area contributed by atoms with Gasteiger partial charge in [0.15, 0.2) is 0 Å². The highest BCUT2D eigenvalue weighted by molar-refractivity contribution is 5.50. The number of aliphatic hydroxyl groups is 1. The van der Waals surface area contributed by atoms with E-state index in [4.69, 9.17) is 5.11 Å². The van der Waals surface area contributed by atoms with Crippen LogP contribution in [-0.2, 0) is 13.2 Å². The average Bonchev–Trinajstić information content (AvgIpc) is 2.38. The van der Waals surface area contributed by atoms with Gasteiger partial charge >= 0.3 is 0 Å². The zero-order valence-electron chi connectivity index (χ0n) is 9.98. The molecule has 17 heavy (non-hydrogen) atoms. The van der Waals surface area contributed by atoms with Gasteiger partial charge in [-0.15, -0.1) is 0 Å². The third-order valence-corrected chi connectivity index (χ3v) is 2.83. The first-order chi connectivity index (χ1) is 8.29. The molecule has 0 saturated heterocycles. The molecule has 2 rings (SSSR count). The summed E-state index contributed by atoms with van der Waals surface area (Å²) >= 11 is 0. The smallest absolute Gasteiger partial charge is 0.0681 e. The average molecular weight is 227 g/mol. The van der Waals surface area contributed by atoms with E-state index in [0.717, 1.165) is 12.1 Å². The molecule has 0 radical (unpaired) electrons. The van der Waals surface area contributed by atoms with Gasteiger partial charge in [-0.1, -0.05) is 42.5 Å². The van der Waals surface area contributed by atoms with Gasteiger partial charge in [0.2, 0.25) is 0 Å². The Morgan fingerprint density at radius 1 is 0.941 bits per heavy atom. The van der Waals surface area contributed by atoms with Crippen molar-refractivity contribution in [1.29, 1.82) is 0 Å². The van der Waals surface area contributed by atoms with E-state index >= 15 is 0 Å². The Balaban J connectivity index is 2.00. The zero-order chi connectivity index (χ0) is 12.1. The second-order valence-electron chi connectivity index (χ2n) is 4.14. The molecule has 2 nitrogen and oxygen atoms in total. The van der Waals surface area contributed by atoms with Gasteiger partial charge in [-0.25, -0.2) is 0 Å². The van der Waals surface area contributed by atoms with E-state index in [1.165, 1.54) is 16.8 Å². The number of aryl methyl sites for hydroxylation is 1. The molecule has 2 N–H and O–H groups in total. The van der Waals surface area contributed by atoms with E-state index in [1.807, 2.05) is 36.4 Å². The lowest BCUT2D eigenvalue weighted by molar-refractivity contribution is 0.282. The Hall–Kier alpha value is -1.80. The van der Waals surface area contributed by atoms with Crippen LogP contribution in [0.5, 0.6) is 0 Å². The third kappa shape index (κ3) is 3.08. The first kappa shape index (κ1) is 11.7. The fourth-order valence-electron chi connectivity index (χ4n) is 1.73. The molecule has 0 saturated carbocycles. The first-order valence-corrected chi connectivity index (χ1v) is 5.78. The summed E-state index contributed by atoms with van der Waals surface area (Å²) in [5, 5.41) is 12.4. The van der Waals surface area contributed by atoms with Crippen molar-refractivity contribution in [1.82, 2.24) is 0 Å². The van der Waals surface area contributed by atoms with Crippen LogP contribution in [0.4, 0.5) is 5.69 Å². The van der Waals surface area contributed by atoms with Crippen molar-refractivity contribution in [2.75, 3.05) is 5.32 Å². The Bertz CT molecular complexity index is 477. The third-order valence-electron chi connectivity index (χ3n) is 2.83. The van der Waals surface area contributed by atoms with Crippen LogP contribution in [0.1, 0.15) is 16.7 Å². The minimum atomic E-state index is 0.103. The summed E-state index contributed by atoms with van der Waals surface area (Å²) in [7, 11) is 0. The minimum Gasteiger partial charge on any atom is -0.392 e. The van der Waals surface area contributed by atoms with Crippen LogP contribution >= 0.6 is 0 Å². The van der Waals surface area contributed by atoms with Crippen molar-refractivity contribution in [2.45, 2.75) is 20.1 Å². The van der Waals surface area contributed by atoms with Gasteiger partial charge in [-0.2, -0.15) is 0 Å². The molecule has 2 heteroatoms. The molecule has 0 heterocycles. The van der Waals surface area contributed by atoms with Crippen molar-refractivity contribution in [3.8, 4) is 0 Å². The maximum atomic E-state index is 8.96. The summed E-state index contributed by atoms with van der Waals surface area (Å²) in [6, 6.07) is 16.2. The number of hydrogen-bond donors (Lipinski definition) is 2. The Morgan fingerprint density at radius 3 is 2.24 bits per heavy atom. The zero-order valence-corrected chi connectivity index (χ0v) is 9.98. The van der Waals surface area contributed by atoms with Crippen LogP contribution in [0.25, 0.3) is 0 Å². The quantitative estimate of drug-likeness (QED) is 0.841. The predicted octanol–water partition coefficient (Wildman–Crippen LogP) is 3.10. The number of para-hydroxylation sites is 1. The number of nitrogens with one attached hydrogen (secondary N) is 1. The molecule has 0 unspecified atom stereocenters. The first-order valence-electron chi connectivity index (χ1n) is 5.78. The second-order valence-corrected chi connectivity index (χ2v) is 4.14. The molecule has 2 aromatic carbocycles. The molecular weight excluding hydrogens is 210 g/mol. The number of aliphatic hydroxyl groups excluding tert-OH is 1. The largest absolute Gasteiger partial charge is 0.392 e. The molecule has 0 aliphatic heterocycles. The van der Waals surface area contributed by atoms with Gasteiger partial charge in [-0.3, -0.25) is 0 Å². The fraction of sp³-hybridized carbons (Fsp3) is 0.200. The molecule has 88 valence electrons. The topological polar surface area (TPSA) is 32.3 Å². The molecule has 0 spiro atoms. The lowest BCUT2D eigenvalue weighted by Gasteiger charge is -2.09. The summed E-state index contributed by atoms with van der Waals surface area (Å²) in [6.07, 6.45) is 0. The SMILES string of the molecule is Cc1ccccc1NCc1ccc(CO)cc1. The summed E-state index contributed by atoms with van der Waals surface area (Å²) in [5.74, 6) is 0. The van der Waals surface area contributed by atoms with Gasteiger partial charge in [0.25, 0.3) is 0 Å². The van der Waals surface area contributed by atoms with Crippen LogP contribution in [0.15, 0.2) is 48.5 Å². The highest BCUT2D eigenvalue weighted by atomic mass is 16.3. The maximum absolute atomic E-state index is 8.96. The molecule has 2 aromatic rings. The molecule has 0 aliphatic carbocycles. The maximum Gasteiger partial charge on any atom is 0.0681 e. The lowest BCUT2D eigenvalue weighted by atomic mass is 10.1. The number of hydrogen-bond acceptors (Lipinski definition) is 2. The highest BCUT2D eigenvalue weighted by Crippen LogP contribution is 2.14. The summed E-state index contributed by atoms with van der Waals surface area (Å²) in [5.41, 5.74) is 4.58. The van der Waals surface area contributed by atoms with Crippen LogP contribution in [-0.4, -0.2) is 5.11 Å². The van der Waals surface area contributed by atoms with E-state index < -0.39 is 0 Å². The van der Waals surface area contributed by atoms with Gasteiger partial charge in [0, 0.05) is 12.2 Å². The Kier molecular flexibility index (Phi) is 3.78. The number of anilines is 1. The van der Waals surface area contributed by atoms with Crippen LogP contribution in [0.3, 0.4) is 0 Å². The molecular formula is C15H17NO. The number of rotatable bonds is 4. The van der Waals surface area contributed by atoms with Crippen LogP contribution in [0, 0.1) is 6.92 Å².